The molecule has 0 radical (unpaired) electrons. The molecule has 2 aliphatic carbocycles. The smallest absolute Gasteiger partial charge is 0.0741 e. The molecular weight excluding hydrogens is 174 g/mol. The van der Waals surface area contributed by atoms with Gasteiger partial charge in [-0.05, 0) is 51.9 Å². The SMILES string of the molecule is CC(NC1CC2CCC1C2)C(C)(C)O. The predicted octanol–water partition coefficient (Wildman–Crippen LogP) is 1.92. The zero-order chi connectivity index (χ0) is 10.3. The van der Waals surface area contributed by atoms with Gasteiger partial charge >= 0.3 is 0 Å². The van der Waals surface area contributed by atoms with E-state index in [2.05, 4.69) is 12.2 Å². The molecule has 4 atom stereocenters. The second-order valence-electron chi connectivity index (χ2n) is 5.82. The monoisotopic (exact) mass is 197 g/mol. The minimum Gasteiger partial charge on any atom is -0.389 e. The molecule has 2 aliphatic rings. The largest absolute Gasteiger partial charge is 0.389 e. The Bertz CT molecular complexity index is 209. The van der Waals surface area contributed by atoms with Crippen molar-refractivity contribution in [1.82, 2.24) is 5.32 Å². The number of hydrogen-bond donors (Lipinski definition) is 2. The highest BCUT2D eigenvalue weighted by Gasteiger charge is 2.40. The van der Waals surface area contributed by atoms with E-state index < -0.39 is 5.60 Å². The Kier molecular flexibility index (Phi) is 2.61. The Balaban J connectivity index is 1.87. The van der Waals surface area contributed by atoms with Crippen LogP contribution in [0.2, 0.25) is 0 Å². The fourth-order valence-corrected chi connectivity index (χ4v) is 2.97. The van der Waals surface area contributed by atoms with E-state index in [9.17, 15) is 5.11 Å². The molecule has 0 aromatic heterocycles. The lowest BCUT2D eigenvalue weighted by Gasteiger charge is -2.33. The van der Waals surface area contributed by atoms with Gasteiger partial charge in [-0.1, -0.05) is 6.42 Å². The summed E-state index contributed by atoms with van der Waals surface area (Å²) in [7, 11) is 0. The van der Waals surface area contributed by atoms with Crippen molar-refractivity contribution in [3.8, 4) is 0 Å². The molecular formula is C12H23NO. The Morgan fingerprint density at radius 2 is 2.00 bits per heavy atom. The molecule has 2 heteroatoms. The van der Waals surface area contributed by atoms with Gasteiger partial charge in [0.25, 0.3) is 0 Å². The number of hydrogen-bond acceptors (Lipinski definition) is 2. The summed E-state index contributed by atoms with van der Waals surface area (Å²) < 4.78 is 0. The molecule has 0 heterocycles. The maximum atomic E-state index is 9.85. The zero-order valence-corrected chi connectivity index (χ0v) is 9.59. The standard InChI is InChI=1S/C12H23NO/c1-8(12(2,3)14)13-11-7-9-4-5-10(11)6-9/h8-11,13-14H,4-7H2,1-3H3. The Morgan fingerprint density at radius 1 is 1.29 bits per heavy atom. The summed E-state index contributed by atoms with van der Waals surface area (Å²) >= 11 is 0. The maximum Gasteiger partial charge on any atom is 0.0741 e. The quantitative estimate of drug-likeness (QED) is 0.724. The molecule has 2 fully saturated rings. The first-order chi connectivity index (χ1) is 6.47. The van der Waals surface area contributed by atoms with Crippen LogP contribution in [0.5, 0.6) is 0 Å². The molecule has 0 saturated heterocycles. The molecule has 2 bridgehead atoms. The fourth-order valence-electron chi connectivity index (χ4n) is 2.97. The third-order valence-electron chi connectivity index (χ3n) is 4.26. The van der Waals surface area contributed by atoms with Crippen LogP contribution >= 0.6 is 0 Å². The minimum atomic E-state index is -0.595. The Morgan fingerprint density at radius 3 is 2.43 bits per heavy atom. The van der Waals surface area contributed by atoms with Gasteiger partial charge in [-0.2, -0.15) is 0 Å². The van der Waals surface area contributed by atoms with Crippen LogP contribution in [0.15, 0.2) is 0 Å². The Hall–Kier alpha value is -0.0800. The molecule has 0 aliphatic heterocycles. The molecule has 2 saturated carbocycles. The topological polar surface area (TPSA) is 32.3 Å². The van der Waals surface area contributed by atoms with Crippen molar-refractivity contribution in [3.63, 3.8) is 0 Å². The van der Waals surface area contributed by atoms with Gasteiger partial charge in [0.05, 0.1) is 5.60 Å². The van der Waals surface area contributed by atoms with E-state index in [1.807, 2.05) is 13.8 Å². The average molecular weight is 197 g/mol. The van der Waals surface area contributed by atoms with Crippen LogP contribution in [0.25, 0.3) is 0 Å². The first-order valence-corrected chi connectivity index (χ1v) is 5.95. The van der Waals surface area contributed by atoms with Crippen molar-refractivity contribution in [2.24, 2.45) is 11.8 Å². The molecule has 0 amide bonds. The second kappa shape index (κ2) is 3.49. The first kappa shape index (κ1) is 10.4. The molecule has 2 N–H and O–H groups in total. The van der Waals surface area contributed by atoms with Crippen molar-refractivity contribution in [2.45, 2.75) is 64.1 Å². The van der Waals surface area contributed by atoms with Gasteiger partial charge in [0.15, 0.2) is 0 Å². The summed E-state index contributed by atoms with van der Waals surface area (Å²) in [6.45, 7) is 5.86. The van der Waals surface area contributed by atoms with Crippen molar-refractivity contribution in [2.75, 3.05) is 0 Å². The van der Waals surface area contributed by atoms with E-state index in [1.165, 1.54) is 25.7 Å². The highest BCUT2D eigenvalue weighted by molar-refractivity contribution is 4.96. The zero-order valence-electron chi connectivity index (χ0n) is 9.59. The van der Waals surface area contributed by atoms with Crippen LogP contribution in [-0.4, -0.2) is 22.8 Å². The van der Waals surface area contributed by atoms with Gasteiger partial charge in [-0.15, -0.1) is 0 Å². The van der Waals surface area contributed by atoms with Crippen molar-refractivity contribution < 1.29 is 5.11 Å². The summed E-state index contributed by atoms with van der Waals surface area (Å²) in [5, 5.41) is 13.5. The van der Waals surface area contributed by atoms with Gasteiger partial charge in [0.1, 0.15) is 0 Å². The fraction of sp³-hybridized carbons (Fsp3) is 1.00. The summed E-state index contributed by atoms with van der Waals surface area (Å²) in [4.78, 5) is 0. The summed E-state index contributed by atoms with van der Waals surface area (Å²) in [5.41, 5.74) is -0.595. The van der Waals surface area contributed by atoms with Crippen molar-refractivity contribution >= 4 is 0 Å². The molecule has 4 unspecified atom stereocenters. The summed E-state index contributed by atoms with van der Waals surface area (Å²) in [6.07, 6.45) is 5.61. The lowest BCUT2D eigenvalue weighted by Crippen LogP contribution is -2.50. The van der Waals surface area contributed by atoms with Crippen molar-refractivity contribution in [3.05, 3.63) is 0 Å². The van der Waals surface area contributed by atoms with Gasteiger partial charge in [0, 0.05) is 12.1 Å². The van der Waals surface area contributed by atoms with Gasteiger partial charge in [0.2, 0.25) is 0 Å². The van der Waals surface area contributed by atoms with E-state index in [0.717, 1.165) is 11.8 Å². The number of fused-ring (bicyclic) bond motifs is 2. The molecule has 82 valence electrons. The van der Waals surface area contributed by atoms with Gasteiger partial charge in [-0.25, -0.2) is 0 Å². The van der Waals surface area contributed by atoms with Crippen LogP contribution < -0.4 is 5.32 Å². The molecule has 2 nitrogen and oxygen atoms in total. The Labute approximate surface area is 87.1 Å². The normalized spacial score (nSPS) is 39.0. The van der Waals surface area contributed by atoms with E-state index in [0.29, 0.717) is 6.04 Å². The van der Waals surface area contributed by atoms with Crippen LogP contribution in [0.4, 0.5) is 0 Å². The van der Waals surface area contributed by atoms with E-state index in [-0.39, 0.29) is 6.04 Å². The van der Waals surface area contributed by atoms with E-state index in [4.69, 9.17) is 0 Å². The van der Waals surface area contributed by atoms with Gasteiger partial charge in [-0.3, -0.25) is 0 Å². The molecule has 0 aromatic carbocycles. The van der Waals surface area contributed by atoms with Crippen LogP contribution in [0.1, 0.15) is 46.5 Å². The van der Waals surface area contributed by atoms with Gasteiger partial charge < -0.3 is 10.4 Å². The van der Waals surface area contributed by atoms with Crippen molar-refractivity contribution in [1.29, 1.82) is 0 Å². The number of rotatable bonds is 3. The lowest BCUT2D eigenvalue weighted by atomic mass is 9.92. The average Bonchev–Trinajstić information content (AvgIpc) is 2.62. The predicted molar refractivity (Wildman–Crippen MR) is 58.1 cm³/mol. The number of nitrogens with one attached hydrogen (secondary N) is 1. The highest BCUT2D eigenvalue weighted by atomic mass is 16.3. The highest BCUT2D eigenvalue weighted by Crippen LogP contribution is 2.44. The molecule has 0 spiro atoms. The first-order valence-electron chi connectivity index (χ1n) is 5.95. The summed E-state index contributed by atoms with van der Waals surface area (Å²) in [6, 6.07) is 0.877. The van der Waals surface area contributed by atoms with E-state index >= 15 is 0 Å². The lowest BCUT2D eigenvalue weighted by molar-refractivity contribution is 0.0366. The van der Waals surface area contributed by atoms with Crippen LogP contribution in [-0.2, 0) is 0 Å². The summed E-state index contributed by atoms with van der Waals surface area (Å²) in [5.74, 6) is 1.87. The third kappa shape index (κ3) is 1.96. The van der Waals surface area contributed by atoms with Crippen LogP contribution in [0, 0.1) is 11.8 Å². The maximum absolute atomic E-state index is 9.85. The minimum absolute atomic E-state index is 0.201. The third-order valence-corrected chi connectivity index (χ3v) is 4.26. The second-order valence-corrected chi connectivity index (χ2v) is 5.82. The van der Waals surface area contributed by atoms with Crippen LogP contribution in [0.3, 0.4) is 0 Å². The molecule has 0 aromatic rings. The molecule has 2 rings (SSSR count). The number of aliphatic hydroxyl groups is 1. The van der Waals surface area contributed by atoms with E-state index in [1.54, 1.807) is 0 Å². The molecule has 14 heavy (non-hydrogen) atoms.